The van der Waals surface area contributed by atoms with Gasteiger partial charge in [-0.3, -0.25) is 9.69 Å². The van der Waals surface area contributed by atoms with Crippen LogP contribution in [0.4, 0.5) is 4.79 Å². The summed E-state index contributed by atoms with van der Waals surface area (Å²) in [5.74, 6) is 0.749. The van der Waals surface area contributed by atoms with Crippen LogP contribution in [0.5, 0.6) is 0 Å². The van der Waals surface area contributed by atoms with Crippen LogP contribution < -0.4 is 5.32 Å². The van der Waals surface area contributed by atoms with Crippen molar-refractivity contribution < 1.29 is 14.1 Å². The van der Waals surface area contributed by atoms with Crippen molar-refractivity contribution in [2.75, 3.05) is 0 Å². The van der Waals surface area contributed by atoms with Crippen molar-refractivity contribution in [3.8, 4) is 10.7 Å². The second-order valence-electron chi connectivity index (χ2n) is 5.67. The van der Waals surface area contributed by atoms with Gasteiger partial charge in [-0.15, -0.1) is 11.3 Å². The molecule has 0 spiro atoms. The largest absolute Gasteiger partial charge is 0.337 e. The van der Waals surface area contributed by atoms with Gasteiger partial charge >= 0.3 is 6.03 Å². The third-order valence-electron chi connectivity index (χ3n) is 3.37. The second-order valence-corrected chi connectivity index (χ2v) is 8.13. The van der Waals surface area contributed by atoms with Crippen molar-refractivity contribution in [1.29, 1.82) is 0 Å². The molecule has 122 valence electrons. The standard InChI is InChI=1S/C14H15BrN4O3S/c1-7(2)5-8-13(20)19(14(21)16-8)6-11-17-12(18-22-11)9-3-4-10(15)23-9/h3-4,7-8H,5-6H2,1-2H3,(H,16,21)/t8-/m1/s1. The molecule has 1 fully saturated rings. The number of carbonyl (C=O) groups is 2. The molecule has 23 heavy (non-hydrogen) atoms. The van der Waals surface area contributed by atoms with Gasteiger partial charge in [-0.05, 0) is 40.4 Å². The molecule has 9 heteroatoms. The van der Waals surface area contributed by atoms with Gasteiger partial charge in [0, 0.05) is 0 Å². The van der Waals surface area contributed by atoms with E-state index in [0.717, 1.165) is 13.6 Å². The molecular formula is C14H15BrN4O3S. The number of aromatic nitrogens is 2. The first-order valence-electron chi connectivity index (χ1n) is 7.14. The van der Waals surface area contributed by atoms with Crippen LogP contribution in [-0.4, -0.2) is 33.0 Å². The zero-order valence-corrected chi connectivity index (χ0v) is 15.0. The summed E-state index contributed by atoms with van der Waals surface area (Å²) in [5.41, 5.74) is 0. The van der Waals surface area contributed by atoms with Crippen LogP contribution >= 0.6 is 27.3 Å². The molecule has 0 unspecified atom stereocenters. The van der Waals surface area contributed by atoms with Gasteiger partial charge in [0.05, 0.1) is 8.66 Å². The van der Waals surface area contributed by atoms with E-state index in [0.29, 0.717) is 18.2 Å². The molecule has 2 aromatic rings. The van der Waals surface area contributed by atoms with Crippen molar-refractivity contribution >= 4 is 39.2 Å². The number of nitrogens with zero attached hydrogens (tertiary/aromatic N) is 3. The van der Waals surface area contributed by atoms with Gasteiger partial charge in [0.25, 0.3) is 5.91 Å². The Balaban J connectivity index is 1.71. The fourth-order valence-corrected chi connectivity index (χ4v) is 3.66. The Bertz CT molecular complexity index is 742. The van der Waals surface area contributed by atoms with E-state index in [2.05, 4.69) is 31.4 Å². The quantitative estimate of drug-likeness (QED) is 0.781. The highest BCUT2D eigenvalue weighted by Crippen LogP contribution is 2.29. The Kier molecular flexibility index (Phi) is 4.49. The number of halogens is 1. The van der Waals surface area contributed by atoms with Crippen molar-refractivity contribution in [2.24, 2.45) is 5.92 Å². The van der Waals surface area contributed by atoms with Crippen molar-refractivity contribution in [2.45, 2.75) is 32.9 Å². The number of carbonyl (C=O) groups excluding carboxylic acids is 2. The zero-order chi connectivity index (χ0) is 16.6. The Morgan fingerprint density at radius 3 is 2.87 bits per heavy atom. The Hall–Kier alpha value is -1.74. The predicted molar refractivity (Wildman–Crippen MR) is 87.6 cm³/mol. The first-order chi connectivity index (χ1) is 10.9. The average Bonchev–Trinajstić information content (AvgIpc) is 3.16. The molecule has 0 radical (unpaired) electrons. The third-order valence-corrected chi connectivity index (χ3v) is 4.99. The van der Waals surface area contributed by atoms with Gasteiger partial charge < -0.3 is 9.84 Å². The zero-order valence-electron chi connectivity index (χ0n) is 12.6. The topological polar surface area (TPSA) is 88.3 Å². The smallest absolute Gasteiger partial charge is 0.325 e. The van der Waals surface area contributed by atoms with Gasteiger partial charge in [0.1, 0.15) is 12.6 Å². The highest BCUT2D eigenvalue weighted by Gasteiger charge is 2.38. The lowest BCUT2D eigenvalue weighted by Crippen LogP contribution is -2.31. The number of hydrogen-bond acceptors (Lipinski definition) is 6. The molecule has 0 aromatic carbocycles. The lowest BCUT2D eigenvalue weighted by molar-refractivity contribution is -0.128. The number of hydrogen-bond donors (Lipinski definition) is 1. The van der Waals surface area contributed by atoms with E-state index in [1.807, 2.05) is 26.0 Å². The SMILES string of the molecule is CC(C)C[C@H]1NC(=O)N(Cc2nc(-c3ccc(Br)s3)no2)C1=O. The fourth-order valence-electron chi connectivity index (χ4n) is 2.35. The molecule has 3 heterocycles. The number of amides is 3. The normalized spacial score (nSPS) is 18.1. The lowest BCUT2D eigenvalue weighted by atomic mass is 10.0. The number of rotatable bonds is 5. The maximum atomic E-state index is 12.3. The summed E-state index contributed by atoms with van der Waals surface area (Å²) in [6.07, 6.45) is 0.610. The molecule has 0 bridgehead atoms. The lowest BCUT2D eigenvalue weighted by Gasteiger charge is -2.11. The molecule has 0 aliphatic carbocycles. The highest BCUT2D eigenvalue weighted by atomic mass is 79.9. The van der Waals surface area contributed by atoms with E-state index in [-0.39, 0.29) is 18.3 Å². The van der Waals surface area contributed by atoms with Crippen molar-refractivity contribution in [3.05, 3.63) is 21.8 Å². The van der Waals surface area contributed by atoms with E-state index in [1.165, 1.54) is 11.3 Å². The number of urea groups is 1. The maximum absolute atomic E-state index is 12.3. The summed E-state index contributed by atoms with van der Waals surface area (Å²) >= 11 is 4.85. The minimum absolute atomic E-state index is 0.0151. The molecule has 1 aliphatic rings. The van der Waals surface area contributed by atoms with E-state index < -0.39 is 12.1 Å². The van der Waals surface area contributed by atoms with Crippen LogP contribution in [0, 0.1) is 5.92 Å². The predicted octanol–water partition coefficient (Wildman–Crippen LogP) is 3.03. The van der Waals surface area contributed by atoms with Crippen molar-refractivity contribution in [1.82, 2.24) is 20.4 Å². The third kappa shape index (κ3) is 3.45. The molecule has 7 nitrogen and oxygen atoms in total. The Labute approximate surface area is 145 Å². The molecule has 1 N–H and O–H groups in total. The monoisotopic (exact) mass is 398 g/mol. The van der Waals surface area contributed by atoms with E-state index >= 15 is 0 Å². The Morgan fingerprint density at radius 1 is 1.43 bits per heavy atom. The van der Waals surface area contributed by atoms with E-state index in [4.69, 9.17) is 4.52 Å². The van der Waals surface area contributed by atoms with Gasteiger partial charge in [-0.2, -0.15) is 4.98 Å². The van der Waals surface area contributed by atoms with Crippen LogP contribution in [-0.2, 0) is 11.3 Å². The minimum atomic E-state index is -0.474. The number of thiophene rings is 1. The number of imide groups is 1. The summed E-state index contributed by atoms with van der Waals surface area (Å²) in [4.78, 5) is 30.5. The highest BCUT2D eigenvalue weighted by molar-refractivity contribution is 9.11. The average molecular weight is 399 g/mol. The summed E-state index contributed by atoms with van der Waals surface area (Å²) in [7, 11) is 0. The summed E-state index contributed by atoms with van der Waals surface area (Å²) < 4.78 is 6.12. The Morgan fingerprint density at radius 2 is 2.22 bits per heavy atom. The van der Waals surface area contributed by atoms with Crippen LogP contribution in [0.2, 0.25) is 0 Å². The molecule has 0 saturated carbocycles. The van der Waals surface area contributed by atoms with Crippen LogP contribution in [0.25, 0.3) is 10.7 Å². The van der Waals surface area contributed by atoms with E-state index in [9.17, 15) is 9.59 Å². The first-order valence-corrected chi connectivity index (χ1v) is 8.75. The molecule has 1 aliphatic heterocycles. The summed E-state index contributed by atoms with van der Waals surface area (Å²) in [6, 6.07) is 2.87. The molecule has 2 aromatic heterocycles. The minimum Gasteiger partial charge on any atom is -0.337 e. The second kappa shape index (κ2) is 6.40. The fraction of sp³-hybridized carbons (Fsp3) is 0.429. The van der Waals surface area contributed by atoms with E-state index in [1.54, 1.807) is 0 Å². The van der Waals surface area contributed by atoms with Crippen LogP contribution in [0.3, 0.4) is 0 Å². The van der Waals surface area contributed by atoms with Gasteiger partial charge in [-0.25, -0.2) is 4.79 Å². The number of nitrogens with one attached hydrogen (secondary N) is 1. The molecule has 3 amide bonds. The molecular weight excluding hydrogens is 384 g/mol. The molecule has 1 saturated heterocycles. The van der Waals surface area contributed by atoms with Gasteiger partial charge in [-0.1, -0.05) is 19.0 Å². The summed E-state index contributed by atoms with van der Waals surface area (Å²) in [6.45, 7) is 4.00. The van der Waals surface area contributed by atoms with Crippen molar-refractivity contribution in [3.63, 3.8) is 0 Å². The molecule has 3 rings (SSSR count). The first kappa shape index (κ1) is 16.1. The van der Waals surface area contributed by atoms with Gasteiger partial charge in [0.15, 0.2) is 0 Å². The van der Waals surface area contributed by atoms with Crippen LogP contribution in [0.15, 0.2) is 20.4 Å². The van der Waals surface area contributed by atoms with Crippen LogP contribution in [0.1, 0.15) is 26.2 Å². The van der Waals surface area contributed by atoms with Gasteiger partial charge in [0.2, 0.25) is 11.7 Å². The summed E-state index contributed by atoms with van der Waals surface area (Å²) in [5, 5.41) is 6.58. The maximum Gasteiger partial charge on any atom is 0.325 e. The molecule has 1 atom stereocenters.